The number of hydrogen-bond acceptors (Lipinski definition) is 4. The number of carbonyl (C=O) groups excluding carboxylic acids is 1. The lowest BCUT2D eigenvalue weighted by Gasteiger charge is -2.27. The first kappa shape index (κ1) is 16.7. The van der Waals surface area contributed by atoms with Crippen LogP contribution in [0.1, 0.15) is 6.42 Å². The molecule has 0 aromatic carbocycles. The van der Waals surface area contributed by atoms with Gasteiger partial charge in [-0.05, 0) is 6.42 Å². The molecule has 1 aliphatic heterocycles. The molecular weight excluding hydrogens is 281 g/mol. The highest BCUT2D eigenvalue weighted by molar-refractivity contribution is 5.79. The molecule has 1 saturated heterocycles. The molecule has 1 rings (SSSR count). The number of hydrogen-bond donors (Lipinski definition) is 2. The molecule has 1 aliphatic rings. The molecule has 116 valence electrons. The molecular formula is C11H17F3N2O4. The highest BCUT2D eigenvalue weighted by Gasteiger charge is 2.63. The Hall–Kier alpha value is -1.35. The van der Waals surface area contributed by atoms with Crippen molar-refractivity contribution in [3.63, 3.8) is 0 Å². The SMILES string of the molecule is COCCNC(=O)CN1CCC(C(=O)O)(C(F)(F)F)C1. The third kappa shape index (κ3) is 3.60. The summed E-state index contributed by atoms with van der Waals surface area (Å²) in [7, 11) is 1.46. The van der Waals surface area contributed by atoms with Crippen LogP contribution >= 0.6 is 0 Å². The minimum atomic E-state index is -4.83. The van der Waals surface area contributed by atoms with Crippen LogP contribution in [0.4, 0.5) is 13.2 Å². The molecule has 1 unspecified atom stereocenters. The Bertz CT molecular complexity index is 375. The van der Waals surface area contributed by atoms with Crippen LogP contribution in [0, 0.1) is 5.41 Å². The summed E-state index contributed by atoms with van der Waals surface area (Å²) in [4.78, 5) is 23.6. The van der Waals surface area contributed by atoms with Gasteiger partial charge < -0.3 is 15.2 Å². The van der Waals surface area contributed by atoms with E-state index < -0.39 is 36.4 Å². The van der Waals surface area contributed by atoms with E-state index in [9.17, 15) is 22.8 Å². The van der Waals surface area contributed by atoms with Gasteiger partial charge in [0.2, 0.25) is 5.91 Å². The molecule has 1 fully saturated rings. The normalized spacial score (nSPS) is 23.8. The topological polar surface area (TPSA) is 78.9 Å². The number of nitrogens with one attached hydrogen (secondary N) is 1. The second kappa shape index (κ2) is 6.40. The second-order valence-corrected chi connectivity index (χ2v) is 4.69. The zero-order chi connectivity index (χ0) is 15.4. The summed E-state index contributed by atoms with van der Waals surface area (Å²) in [6, 6.07) is 0. The number of carboxylic acids is 1. The minimum absolute atomic E-state index is 0.0799. The molecule has 0 bridgehead atoms. The molecule has 2 N–H and O–H groups in total. The first-order valence-electron chi connectivity index (χ1n) is 6.01. The van der Waals surface area contributed by atoms with Crippen molar-refractivity contribution < 1.29 is 32.6 Å². The maximum Gasteiger partial charge on any atom is 0.406 e. The Morgan fingerprint density at radius 2 is 2.10 bits per heavy atom. The molecule has 1 amide bonds. The Labute approximate surface area is 113 Å². The third-order valence-electron chi connectivity index (χ3n) is 3.30. The highest BCUT2D eigenvalue weighted by atomic mass is 19.4. The molecule has 6 nitrogen and oxygen atoms in total. The highest BCUT2D eigenvalue weighted by Crippen LogP contribution is 2.45. The van der Waals surface area contributed by atoms with Crippen molar-refractivity contribution in [2.24, 2.45) is 5.41 Å². The van der Waals surface area contributed by atoms with E-state index in [2.05, 4.69) is 5.32 Å². The monoisotopic (exact) mass is 298 g/mol. The molecule has 0 spiro atoms. The van der Waals surface area contributed by atoms with Gasteiger partial charge in [0.1, 0.15) is 0 Å². The number of amides is 1. The third-order valence-corrected chi connectivity index (χ3v) is 3.30. The maximum absolute atomic E-state index is 12.9. The molecule has 0 radical (unpaired) electrons. The van der Waals surface area contributed by atoms with Gasteiger partial charge in [-0.2, -0.15) is 13.2 Å². The summed E-state index contributed by atoms with van der Waals surface area (Å²) >= 11 is 0. The number of ether oxygens (including phenoxy) is 1. The predicted octanol–water partition coefficient (Wildman–Crippen LogP) is 0.0880. The standard InChI is InChI=1S/C11H17F3N2O4/c1-20-5-3-15-8(17)6-16-4-2-10(7-16,9(18)19)11(12,13)14/h2-7H2,1H3,(H,15,17)(H,18,19). The van der Waals surface area contributed by atoms with Crippen LogP contribution in [0.2, 0.25) is 0 Å². The van der Waals surface area contributed by atoms with E-state index in [1.54, 1.807) is 0 Å². The predicted molar refractivity (Wildman–Crippen MR) is 62.1 cm³/mol. The van der Waals surface area contributed by atoms with Crippen LogP contribution in [0.25, 0.3) is 0 Å². The molecule has 1 heterocycles. The van der Waals surface area contributed by atoms with Crippen molar-refractivity contribution in [1.29, 1.82) is 0 Å². The fourth-order valence-electron chi connectivity index (χ4n) is 2.10. The molecule has 0 saturated carbocycles. The average molecular weight is 298 g/mol. The Balaban J connectivity index is 2.57. The van der Waals surface area contributed by atoms with Crippen molar-refractivity contribution in [2.75, 3.05) is 39.9 Å². The van der Waals surface area contributed by atoms with Crippen LogP contribution in [-0.2, 0) is 14.3 Å². The zero-order valence-electron chi connectivity index (χ0n) is 11.0. The molecule has 1 atom stereocenters. The largest absolute Gasteiger partial charge is 0.481 e. The number of nitrogens with zero attached hydrogens (tertiary/aromatic N) is 1. The summed E-state index contributed by atoms with van der Waals surface area (Å²) < 4.78 is 43.4. The molecule has 9 heteroatoms. The number of rotatable bonds is 6. The zero-order valence-corrected chi connectivity index (χ0v) is 11.0. The van der Waals surface area contributed by atoms with Crippen molar-refractivity contribution in [2.45, 2.75) is 12.6 Å². The van der Waals surface area contributed by atoms with Gasteiger partial charge in [-0.3, -0.25) is 14.5 Å². The second-order valence-electron chi connectivity index (χ2n) is 4.69. The fourth-order valence-corrected chi connectivity index (χ4v) is 2.10. The minimum Gasteiger partial charge on any atom is -0.481 e. The van der Waals surface area contributed by atoms with E-state index >= 15 is 0 Å². The van der Waals surface area contributed by atoms with Gasteiger partial charge in [0.05, 0.1) is 13.2 Å². The number of methoxy groups -OCH3 is 1. The van der Waals surface area contributed by atoms with Gasteiger partial charge in [-0.25, -0.2) is 0 Å². The molecule has 0 aromatic rings. The van der Waals surface area contributed by atoms with Gasteiger partial charge in [0.15, 0.2) is 5.41 Å². The van der Waals surface area contributed by atoms with E-state index in [1.807, 2.05) is 0 Å². The van der Waals surface area contributed by atoms with Crippen molar-refractivity contribution >= 4 is 11.9 Å². The summed E-state index contributed by atoms with van der Waals surface area (Å²) in [6.07, 6.45) is -5.38. The van der Waals surface area contributed by atoms with E-state index in [4.69, 9.17) is 9.84 Å². The molecule has 0 aromatic heterocycles. The average Bonchev–Trinajstić information content (AvgIpc) is 2.74. The van der Waals surface area contributed by atoms with Crippen LogP contribution in [0.3, 0.4) is 0 Å². The van der Waals surface area contributed by atoms with E-state index in [0.717, 1.165) is 0 Å². The Morgan fingerprint density at radius 3 is 2.55 bits per heavy atom. The number of alkyl halides is 3. The summed E-state index contributed by atoms with van der Waals surface area (Å²) in [5.74, 6) is -2.35. The Kier molecular flexibility index (Phi) is 5.35. The number of aliphatic carboxylic acids is 1. The summed E-state index contributed by atoms with van der Waals surface area (Å²) in [6.45, 7) is -0.484. The quantitative estimate of drug-likeness (QED) is 0.679. The Morgan fingerprint density at radius 1 is 1.45 bits per heavy atom. The van der Waals surface area contributed by atoms with Gasteiger partial charge in [-0.1, -0.05) is 0 Å². The van der Waals surface area contributed by atoms with Gasteiger partial charge in [0.25, 0.3) is 0 Å². The lowest BCUT2D eigenvalue weighted by molar-refractivity contribution is -0.227. The lowest BCUT2D eigenvalue weighted by atomic mass is 9.86. The van der Waals surface area contributed by atoms with E-state index in [-0.39, 0.29) is 19.6 Å². The van der Waals surface area contributed by atoms with Crippen LogP contribution in [0.5, 0.6) is 0 Å². The summed E-state index contributed by atoms with van der Waals surface area (Å²) in [5.41, 5.74) is -2.78. The molecule has 20 heavy (non-hydrogen) atoms. The van der Waals surface area contributed by atoms with Crippen molar-refractivity contribution in [3.05, 3.63) is 0 Å². The van der Waals surface area contributed by atoms with Gasteiger partial charge >= 0.3 is 12.1 Å². The maximum atomic E-state index is 12.9. The van der Waals surface area contributed by atoms with Crippen LogP contribution in [-0.4, -0.2) is 68.0 Å². The number of likely N-dealkylation sites (tertiary alicyclic amines) is 1. The van der Waals surface area contributed by atoms with E-state index in [1.165, 1.54) is 12.0 Å². The number of halogens is 3. The summed E-state index contributed by atoms with van der Waals surface area (Å²) in [5, 5.41) is 11.3. The smallest absolute Gasteiger partial charge is 0.406 e. The van der Waals surface area contributed by atoms with Crippen molar-refractivity contribution in [3.8, 4) is 0 Å². The van der Waals surface area contributed by atoms with E-state index in [0.29, 0.717) is 6.61 Å². The number of carboxylic acid groups (broad SMARTS) is 1. The van der Waals surface area contributed by atoms with Gasteiger partial charge in [0, 0.05) is 26.7 Å². The van der Waals surface area contributed by atoms with Crippen LogP contribution in [0.15, 0.2) is 0 Å². The lowest BCUT2D eigenvalue weighted by Crippen LogP contribution is -2.48. The van der Waals surface area contributed by atoms with Crippen LogP contribution < -0.4 is 5.32 Å². The fraction of sp³-hybridized carbons (Fsp3) is 0.818. The first-order chi connectivity index (χ1) is 9.23. The first-order valence-corrected chi connectivity index (χ1v) is 6.01. The molecule has 0 aliphatic carbocycles. The number of carbonyl (C=O) groups is 2. The van der Waals surface area contributed by atoms with Crippen molar-refractivity contribution in [1.82, 2.24) is 10.2 Å². The van der Waals surface area contributed by atoms with Gasteiger partial charge in [-0.15, -0.1) is 0 Å².